The molecule has 0 radical (unpaired) electrons. The standard InChI is InChI=1S/C22H25N3O4/c1-22(2,3)24-19(27)12-6-8-15(9-7-12)23-16(26)11-25-20(28)17-13-4-5-14(10-13)18(17)21(25)29/h4-9,13-14,17-18H,10-11H2,1-3H3,(H,23,26)(H,24,27). The van der Waals surface area contributed by atoms with E-state index in [1.165, 1.54) is 0 Å². The van der Waals surface area contributed by atoms with Gasteiger partial charge in [0.15, 0.2) is 0 Å². The van der Waals surface area contributed by atoms with Crippen molar-refractivity contribution in [3.8, 4) is 0 Å². The third-order valence-corrected chi connectivity index (χ3v) is 5.78. The number of benzene rings is 1. The molecule has 2 fully saturated rings. The summed E-state index contributed by atoms with van der Waals surface area (Å²) in [6.07, 6.45) is 4.91. The molecule has 0 spiro atoms. The van der Waals surface area contributed by atoms with Crippen molar-refractivity contribution < 1.29 is 19.2 Å². The number of rotatable bonds is 4. The van der Waals surface area contributed by atoms with Gasteiger partial charge < -0.3 is 10.6 Å². The van der Waals surface area contributed by atoms with Crippen molar-refractivity contribution in [1.29, 1.82) is 0 Å². The molecule has 4 amide bonds. The van der Waals surface area contributed by atoms with Crippen LogP contribution in [0, 0.1) is 23.7 Å². The molecule has 2 bridgehead atoms. The summed E-state index contributed by atoms with van der Waals surface area (Å²) in [5.74, 6) is -1.45. The fraction of sp³-hybridized carbons (Fsp3) is 0.455. The van der Waals surface area contributed by atoms with Gasteiger partial charge in [-0.2, -0.15) is 0 Å². The van der Waals surface area contributed by atoms with Crippen molar-refractivity contribution in [3.05, 3.63) is 42.0 Å². The maximum absolute atomic E-state index is 12.7. The Morgan fingerprint density at radius 2 is 1.55 bits per heavy atom. The second-order valence-corrected chi connectivity index (χ2v) is 9.09. The molecule has 2 N–H and O–H groups in total. The van der Waals surface area contributed by atoms with Crippen LogP contribution >= 0.6 is 0 Å². The Morgan fingerprint density at radius 1 is 1.00 bits per heavy atom. The predicted octanol–water partition coefficient (Wildman–Crippen LogP) is 1.96. The SMILES string of the molecule is CC(C)(C)NC(=O)c1ccc(NC(=O)CN2C(=O)C3C4C=CC(C4)C3C2=O)cc1. The number of anilines is 1. The van der Waals surface area contributed by atoms with Crippen LogP contribution in [0.15, 0.2) is 36.4 Å². The molecule has 29 heavy (non-hydrogen) atoms. The second kappa shape index (κ2) is 6.83. The zero-order valence-corrected chi connectivity index (χ0v) is 16.8. The minimum Gasteiger partial charge on any atom is -0.347 e. The number of likely N-dealkylation sites (tertiary alicyclic amines) is 1. The highest BCUT2D eigenvalue weighted by Gasteiger charge is 2.59. The molecule has 4 atom stereocenters. The summed E-state index contributed by atoms with van der Waals surface area (Å²) in [6.45, 7) is 5.42. The van der Waals surface area contributed by atoms with E-state index in [-0.39, 0.29) is 53.5 Å². The van der Waals surface area contributed by atoms with Crippen molar-refractivity contribution in [2.45, 2.75) is 32.7 Å². The van der Waals surface area contributed by atoms with E-state index in [0.29, 0.717) is 11.3 Å². The van der Waals surface area contributed by atoms with E-state index in [2.05, 4.69) is 10.6 Å². The number of fused-ring (bicyclic) bond motifs is 5. The molecule has 1 aromatic carbocycles. The van der Waals surface area contributed by atoms with Crippen molar-refractivity contribution in [2.24, 2.45) is 23.7 Å². The molecule has 0 aromatic heterocycles. The van der Waals surface area contributed by atoms with Crippen LogP contribution in [0.3, 0.4) is 0 Å². The maximum Gasteiger partial charge on any atom is 0.251 e. The van der Waals surface area contributed by atoms with Gasteiger partial charge in [-0.15, -0.1) is 0 Å². The number of amides is 4. The fourth-order valence-electron chi connectivity index (χ4n) is 4.58. The van der Waals surface area contributed by atoms with Crippen molar-refractivity contribution >= 4 is 29.3 Å². The van der Waals surface area contributed by atoms with Gasteiger partial charge in [0, 0.05) is 16.8 Å². The minimum atomic E-state index is -0.432. The Morgan fingerprint density at radius 3 is 2.07 bits per heavy atom. The summed E-state index contributed by atoms with van der Waals surface area (Å²) in [5.41, 5.74) is 0.647. The van der Waals surface area contributed by atoms with E-state index in [1.807, 2.05) is 32.9 Å². The van der Waals surface area contributed by atoms with Crippen molar-refractivity contribution in [2.75, 3.05) is 11.9 Å². The number of nitrogens with one attached hydrogen (secondary N) is 2. The van der Waals surface area contributed by atoms with Gasteiger partial charge in [-0.3, -0.25) is 24.1 Å². The lowest BCUT2D eigenvalue weighted by molar-refractivity contribution is -0.143. The number of nitrogens with zero attached hydrogens (tertiary/aromatic N) is 1. The zero-order chi connectivity index (χ0) is 20.9. The lowest BCUT2D eigenvalue weighted by Gasteiger charge is -2.20. The predicted molar refractivity (Wildman–Crippen MR) is 107 cm³/mol. The molecule has 1 saturated heterocycles. The first-order valence-electron chi connectivity index (χ1n) is 9.90. The van der Waals surface area contributed by atoms with Gasteiger partial charge in [0.2, 0.25) is 17.7 Å². The molecular weight excluding hydrogens is 370 g/mol. The van der Waals surface area contributed by atoms with Crippen LogP contribution in [0.25, 0.3) is 0 Å². The van der Waals surface area contributed by atoms with Gasteiger partial charge in [0.1, 0.15) is 6.54 Å². The van der Waals surface area contributed by atoms with Crippen LogP contribution in [0.2, 0.25) is 0 Å². The Kier molecular flexibility index (Phi) is 4.56. The third kappa shape index (κ3) is 3.57. The molecule has 3 aliphatic rings. The Balaban J connectivity index is 1.36. The van der Waals surface area contributed by atoms with E-state index in [1.54, 1.807) is 24.3 Å². The number of allylic oxidation sites excluding steroid dienone is 2. The van der Waals surface area contributed by atoms with E-state index in [4.69, 9.17) is 0 Å². The van der Waals surface area contributed by atoms with Crippen LogP contribution < -0.4 is 10.6 Å². The Hall–Kier alpha value is -2.96. The molecule has 1 saturated carbocycles. The zero-order valence-electron chi connectivity index (χ0n) is 16.8. The average Bonchev–Trinajstić information content (AvgIpc) is 3.31. The molecule has 1 heterocycles. The highest BCUT2D eigenvalue weighted by Crippen LogP contribution is 2.52. The second-order valence-electron chi connectivity index (χ2n) is 9.09. The summed E-state index contributed by atoms with van der Waals surface area (Å²) >= 11 is 0. The van der Waals surface area contributed by atoms with E-state index < -0.39 is 5.91 Å². The van der Waals surface area contributed by atoms with Gasteiger partial charge in [0.05, 0.1) is 11.8 Å². The van der Waals surface area contributed by atoms with Gasteiger partial charge in [-0.1, -0.05) is 12.2 Å². The summed E-state index contributed by atoms with van der Waals surface area (Å²) in [6, 6.07) is 6.50. The summed E-state index contributed by atoms with van der Waals surface area (Å²) in [4.78, 5) is 51.0. The van der Waals surface area contributed by atoms with Gasteiger partial charge in [-0.05, 0) is 63.3 Å². The van der Waals surface area contributed by atoms with Crippen molar-refractivity contribution in [1.82, 2.24) is 10.2 Å². The Bertz CT molecular complexity index is 883. The molecule has 1 aromatic rings. The number of hydrogen-bond donors (Lipinski definition) is 2. The topological polar surface area (TPSA) is 95.6 Å². The minimum absolute atomic E-state index is 0.126. The maximum atomic E-state index is 12.7. The first-order valence-corrected chi connectivity index (χ1v) is 9.90. The molecular formula is C22H25N3O4. The van der Waals surface area contributed by atoms with E-state index in [0.717, 1.165) is 11.3 Å². The quantitative estimate of drug-likeness (QED) is 0.602. The molecule has 7 nitrogen and oxygen atoms in total. The summed E-state index contributed by atoms with van der Waals surface area (Å²) < 4.78 is 0. The smallest absolute Gasteiger partial charge is 0.251 e. The normalized spacial score (nSPS) is 27.3. The van der Waals surface area contributed by atoms with E-state index in [9.17, 15) is 19.2 Å². The lowest BCUT2D eigenvalue weighted by Crippen LogP contribution is -2.40. The summed E-state index contributed by atoms with van der Waals surface area (Å²) in [7, 11) is 0. The number of carbonyl (C=O) groups excluding carboxylic acids is 4. The fourth-order valence-corrected chi connectivity index (χ4v) is 4.58. The van der Waals surface area contributed by atoms with Gasteiger partial charge >= 0.3 is 0 Å². The Labute approximate surface area is 169 Å². The molecule has 1 aliphatic heterocycles. The number of carbonyl (C=O) groups is 4. The average molecular weight is 395 g/mol. The van der Waals surface area contributed by atoms with Crippen LogP contribution in [-0.4, -0.2) is 40.6 Å². The number of hydrogen-bond acceptors (Lipinski definition) is 4. The van der Waals surface area contributed by atoms with Crippen molar-refractivity contribution in [3.63, 3.8) is 0 Å². The van der Waals surface area contributed by atoms with Gasteiger partial charge in [-0.25, -0.2) is 0 Å². The van der Waals surface area contributed by atoms with Crippen LogP contribution in [-0.2, 0) is 14.4 Å². The number of imide groups is 1. The summed E-state index contributed by atoms with van der Waals surface area (Å²) in [5, 5.41) is 5.57. The lowest BCUT2D eigenvalue weighted by atomic mass is 9.85. The largest absolute Gasteiger partial charge is 0.347 e. The molecule has 2 aliphatic carbocycles. The molecule has 4 rings (SSSR count). The van der Waals surface area contributed by atoms with E-state index >= 15 is 0 Å². The van der Waals surface area contributed by atoms with Gasteiger partial charge in [0.25, 0.3) is 5.91 Å². The first kappa shape index (κ1) is 19.4. The first-order chi connectivity index (χ1) is 13.6. The monoisotopic (exact) mass is 395 g/mol. The van der Waals surface area contributed by atoms with Crippen LogP contribution in [0.5, 0.6) is 0 Å². The highest BCUT2D eigenvalue weighted by molar-refractivity contribution is 6.09. The molecule has 4 unspecified atom stereocenters. The molecule has 152 valence electrons. The highest BCUT2D eigenvalue weighted by atomic mass is 16.2. The third-order valence-electron chi connectivity index (χ3n) is 5.78. The van der Waals surface area contributed by atoms with Crippen LogP contribution in [0.4, 0.5) is 5.69 Å². The van der Waals surface area contributed by atoms with Crippen LogP contribution in [0.1, 0.15) is 37.6 Å². The molecule has 7 heteroatoms.